The van der Waals surface area contributed by atoms with Crippen molar-refractivity contribution >= 4 is 15.9 Å². The molecule has 4 nitrogen and oxygen atoms in total. The minimum absolute atomic E-state index is 0.108. The van der Waals surface area contributed by atoms with Crippen molar-refractivity contribution < 1.29 is 13.2 Å². The first-order valence-electron chi connectivity index (χ1n) is 5.86. The number of hydrogen-bond donors (Lipinski definition) is 0. The van der Waals surface area contributed by atoms with Gasteiger partial charge in [0.2, 0.25) is 6.08 Å². The Bertz CT molecular complexity index is 588. The van der Waals surface area contributed by atoms with Gasteiger partial charge in [0.15, 0.2) is 9.84 Å². The molecule has 0 radical (unpaired) electrons. The van der Waals surface area contributed by atoms with Gasteiger partial charge in [0.1, 0.15) is 0 Å². The highest BCUT2D eigenvalue weighted by atomic mass is 32.2. The Morgan fingerprint density at radius 1 is 1.39 bits per heavy atom. The van der Waals surface area contributed by atoms with Gasteiger partial charge in [-0.05, 0) is 24.5 Å². The summed E-state index contributed by atoms with van der Waals surface area (Å²) in [5.74, 6) is 0.184. The van der Waals surface area contributed by atoms with Crippen LogP contribution in [0, 0.1) is 12.8 Å². The summed E-state index contributed by atoms with van der Waals surface area (Å²) in [5, 5.41) is 0. The zero-order valence-electron chi connectivity index (χ0n) is 10.2. The predicted molar refractivity (Wildman–Crippen MR) is 68.8 cm³/mol. The largest absolute Gasteiger partial charge is 0.235 e. The fraction of sp³-hybridized carbons (Fsp3) is 0.462. The SMILES string of the molecule is Cc1ccccc1C(N=C=O)C1CCS(=O)(=O)C1. The molecule has 0 aromatic heterocycles. The van der Waals surface area contributed by atoms with Crippen LogP contribution in [0.1, 0.15) is 23.6 Å². The van der Waals surface area contributed by atoms with E-state index in [4.69, 9.17) is 0 Å². The van der Waals surface area contributed by atoms with E-state index in [2.05, 4.69) is 4.99 Å². The van der Waals surface area contributed by atoms with Gasteiger partial charge in [-0.15, -0.1) is 0 Å². The van der Waals surface area contributed by atoms with Crippen LogP contribution in [0.15, 0.2) is 29.3 Å². The van der Waals surface area contributed by atoms with E-state index in [1.54, 1.807) is 6.08 Å². The predicted octanol–water partition coefficient (Wildman–Crippen LogP) is 1.81. The van der Waals surface area contributed by atoms with E-state index in [0.29, 0.717) is 6.42 Å². The molecule has 1 aromatic carbocycles. The van der Waals surface area contributed by atoms with Crippen LogP contribution in [0.3, 0.4) is 0 Å². The summed E-state index contributed by atoms with van der Waals surface area (Å²) in [4.78, 5) is 14.4. The average Bonchev–Trinajstić information content (AvgIpc) is 2.68. The standard InChI is InChI=1S/C13H15NO3S/c1-10-4-2-3-5-12(10)13(14-9-15)11-6-7-18(16,17)8-11/h2-5,11,13H,6-8H2,1H3. The van der Waals surface area contributed by atoms with Crippen LogP contribution in [-0.2, 0) is 14.6 Å². The van der Waals surface area contributed by atoms with E-state index in [0.717, 1.165) is 11.1 Å². The van der Waals surface area contributed by atoms with Crippen LogP contribution in [0.4, 0.5) is 0 Å². The first kappa shape index (κ1) is 13.0. The zero-order valence-corrected chi connectivity index (χ0v) is 11.0. The maximum Gasteiger partial charge on any atom is 0.235 e. The maximum atomic E-state index is 11.5. The molecule has 1 saturated heterocycles. The normalized spacial score (nSPS) is 23.3. The van der Waals surface area contributed by atoms with Crippen LogP contribution in [0.25, 0.3) is 0 Å². The summed E-state index contributed by atoms with van der Waals surface area (Å²) >= 11 is 0. The molecule has 0 saturated carbocycles. The van der Waals surface area contributed by atoms with Gasteiger partial charge < -0.3 is 0 Å². The molecule has 0 aliphatic carbocycles. The average molecular weight is 265 g/mol. The Kier molecular flexibility index (Phi) is 3.64. The second-order valence-corrected chi connectivity index (χ2v) is 6.91. The van der Waals surface area contributed by atoms with E-state index < -0.39 is 9.84 Å². The molecule has 0 bridgehead atoms. The van der Waals surface area contributed by atoms with Crippen molar-refractivity contribution in [3.63, 3.8) is 0 Å². The van der Waals surface area contributed by atoms with Crippen molar-refractivity contribution in [1.29, 1.82) is 0 Å². The van der Waals surface area contributed by atoms with Crippen molar-refractivity contribution in [3.05, 3.63) is 35.4 Å². The summed E-state index contributed by atoms with van der Waals surface area (Å²) in [7, 11) is -2.97. The molecule has 0 N–H and O–H groups in total. The Labute approximate surface area is 107 Å². The van der Waals surface area contributed by atoms with E-state index in [-0.39, 0.29) is 23.5 Å². The topological polar surface area (TPSA) is 63.6 Å². The third-order valence-corrected chi connectivity index (χ3v) is 5.21. The van der Waals surface area contributed by atoms with Crippen LogP contribution in [0.5, 0.6) is 0 Å². The number of hydrogen-bond acceptors (Lipinski definition) is 4. The molecule has 1 aliphatic heterocycles. The first-order valence-corrected chi connectivity index (χ1v) is 7.68. The van der Waals surface area contributed by atoms with Gasteiger partial charge in [0.05, 0.1) is 17.5 Å². The zero-order chi connectivity index (χ0) is 13.2. The minimum Gasteiger partial charge on any atom is -0.229 e. The molecule has 2 atom stereocenters. The lowest BCUT2D eigenvalue weighted by molar-refractivity contribution is 0.473. The highest BCUT2D eigenvalue weighted by Crippen LogP contribution is 2.35. The summed E-state index contributed by atoms with van der Waals surface area (Å²) in [6, 6.07) is 7.23. The molecule has 0 amide bonds. The van der Waals surface area contributed by atoms with Crippen LogP contribution >= 0.6 is 0 Å². The Hall–Kier alpha value is -1.45. The lowest BCUT2D eigenvalue weighted by Gasteiger charge is -2.19. The molecule has 18 heavy (non-hydrogen) atoms. The number of rotatable bonds is 3. The number of sulfone groups is 1. The highest BCUT2D eigenvalue weighted by Gasteiger charge is 2.35. The van der Waals surface area contributed by atoms with Crippen molar-refractivity contribution in [2.24, 2.45) is 10.9 Å². The summed E-state index contributed by atoms with van der Waals surface area (Å²) in [5.41, 5.74) is 1.94. The molecule has 0 spiro atoms. The van der Waals surface area contributed by atoms with E-state index >= 15 is 0 Å². The van der Waals surface area contributed by atoms with Crippen molar-refractivity contribution in [2.75, 3.05) is 11.5 Å². The molecule has 1 heterocycles. The molecular formula is C13H15NO3S. The molecule has 1 aliphatic rings. The third kappa shape index (κ3) is 2.68. The lowest BCUT2D eigenvalue weighted by atomic mass is 9.90. The van der Waals surface area contributed by atoms with Crippen LogP contribution in [-0.4, -0.2) is 26.0 Å². The fourth-order valence-corrected chi connectivity index (χ4v) is 4.31. The van der Waals surface area contributed by atoms with Crippen LogP contribution in [0.2, 0.25) is 0 Å². The fourth-order valence-electron chi connectivity index (χ4n) is 2.48. The number of aryl methyl sites for hydroxylation is 1. The second-order valence-electron chi connectivity index (χ2n) is 4.68. The van der Waals surface area contributed by atoms with Gasteiger partial charge in [-0.3, -0.25) is 0 Å². The number of nitrogens with zero attached hydrogens (tertiary/aromatic N) is 1. The smallest absolute Gasteiger partial charge is 0.229 e. The van der Waals surface area contributed by atoms with Gasteiger partial charge >= 0.3 is 0 Å². The first-order chi connectivity index (χ1) is 8.53. The van der Waals surface area contributed by atoms with Gasteiger partial charge in [-0.25, -0.2) is 13.2 Å². The summed E-state index contributed by atoms with van der Waals surface area (Å²) in [6.07, 6.45) is 2.14. The lowest BCUT2D eigenvalue weighted by Crippen LogP contribution is -2.14. The maximum absolute atomic E-state index is 11.5. The number of benzene rings is 1. The molecule has 1 aromatic rings. The van der Waals surface area contributed by atoms with E-state index in [1.165, 1.54) is 0 Å². The van der Waals surface area contributed by atoms with Gasteiger partial charge in [0.25, 0.3) is 0 Å². The number of isocyanates is 1. The van der Waals surface area contributed by atoms with Gasteiger partial charge in [0, 0.05) is 5.92 Å². The Morgan fingerprint density at radius 2 is 2.11 bits per heavy atom. The Balaban J connectivity index is 2.36. The molecular weight excluding hydrogens is 250 g/mol. The Morgan fingerprint density at radius 3 is 2.67 bits per heavy atom. The van der Waals surface area contributed by atoms with E-state index in [1.807, 2.05) is 31.2 Å². The minimum atomic E-state index is -2.97. The summed E-state index contributed by atoms with van der Waals surface area (Å²) < 4.78 is 23.1. The van der Waals surface area contributed by atoms with Crippen molar-refractivity contribution in [2.45, 2.75) is 19.4 Å². The van der Waals surface area contributed by atoms with Gasteiger partial charge in [-0.2, -0.15) is 4.99 Å². The molecule has 1 fully saturated rings. The highest BCUT2D eigenvalue weighted by molar-refractivity contribution is 7.91. The van der Waals surface area contributed by atoms with Gasteiger partial charge in [-0.1, -0.05) is 24.3 Å². The number of carbonyl (C=O) groups excluding carboxylic acids is 1. The summed E-state index contributed by atoms with van der Waals surface area (Å²) in [6.45, 7) is 1.94. The van der Waals surface area contributed by atoms with E-state index in [9.17, 15) is 13.2 Å². The second kappa shape index (κ2) is 5.04. The molecule has 2 rings (SSSR count). The monoisotopic (exact) mass is 265 g/mol. The molecule has 5 heteroatoms. The number of aliphatic imine (C=N–C) groups is 1. The molecule has 2 unspecified atom stereocenters. The molecule has 96 valence electrons. The van der Waals surface area contributed by atoms with Crippen LogP contribution < -0.4 is 0 Å². The quantitative estimate of drug-likeness (QED) is 0.618. The van der Waals surface area contributed by atoms with Crippen molar-refractivity contribution in [3.8, 4) is 0 Å². The third-order valence-electron chi connectivity index (χ3n) is 3.41. The van der Waals surface area contributed by atoms with Crippen molar-refractivity contribution in [1.82, 2.24) is 0 Å².